The van der Waals surface area contributed by atoms with Crippen LogP contribution in [-0.4, -0.2) is 43.4 Å². The van der Waals surface area contributed by atoms with E-state index in [0.29, 0.717) is 22.5 Å². The molecule has 8 nitrogen and oxygen atoms in total. The van der Waals surface area contributed by atoms with Crippen LogP contribution >= 0.6 is 0 Å². The number of rotatable bonds is 2. The number of benzene rings is 2. The van der Waals surface area contributed by atoms with Crippen LogP contribution < -0.4 is 22.4 Å². The Hall–Kier alpha value is -2.30. The van der Waals surface area contributed by atoms with Gasteiger partial charge in [0.15, 0.2) is 0 Å². The molecule has 9 heteroatoms. The zero-order valence-corrected chi connectivity index (χ0v) is 16.8. The first-order chi connectivity index (χ1) is 11.9. The van der Waals surface area contributed by atoms with Crippen molar-refractivity contribution in [1.29, 1.82) is 0 Å². The van der Waals surface area contributed by atoms with Crippen molar-refractivity contribution < 1.29 is 20.0 Å². The Morgan fingerprint density at radius 2 is 1.00 bits per heavy atom. The third kappa shape index (κ3) is 9.55. The monoisotopic (exact) mass is 454 g/mol. The average molecular weight is 453 g/mol. The first-order valence-electron chi connectivity index (χ1n) is 7.08. The maximum absolute atomic E-state index is 10.7. The number of anilines is 2. The van der Waals surface area contributed by atoms with Gasteiger partial charge in [0.05, 0.1) is 0 Å². The fourth-order valence-corrected chi connectivity index (χ4v) is 1.40. The van der Waals surface area contributed by atoms with Gasteiger partial charge in [0, 0.05) is 22.5 Å². The summed E-state index contributed by atoms with van der Waals surface area (Å²) in [6.45, 7) is 0. The summed E-state index contributed by atoms with van der Waals surface area (Å²) in [7, 11) is 0. The van der Waals surface area contributed by atoms with Gasteiger partial charge < -0.3 is 11.5 Å². The molecule has 2 amide bonds. The molecule has 2 rings (SSSR count). The molecule has 2 aromatic carbocycles. The van der Waals surface area contributed by atoms with E-state index in [-0.39, 0.29) is 21.1 Å². The van der Waals surface area contributed by atoms with Crippen LogP contribution in [0.25, 0.3) is 0 Å². The summed E-state index contributed by atoms with van der Waals surface area (Å²) in [4.78, 5) is 26.0. The summed E-state index contributed by atoms with van der Waals surface area (Å²) in [5.41, 5.74) is 15.7. The molecule has 0 fully saturated rings. The Kier molecular flexibility index (Phi) is 11.8. The molecule has 0 saturated carbocycles. The zero-order chi connectivity index (χ0) is 19.2. The Labute approximate surface area is 156 Å². The topological polar surface area (TPSA) is 151 Å². The van der Waals surface area contributed by atoms with Crippen LogP contribution in [0.15, 0.2) is 48.5 Å². The van der Waals surface area contributed by atoms with Crippen LogP contribution in [0.5, 0.6) is 0 Å². The molecule has 0 spiro atoms. The number of carbonyl (C=O) groups is 2. The molecule has 0 aliphatic heterocycles. The molecule has 0 aliphatic rings. The van der Waals surface area contributed by atoms with Crippen LogP contribution in [0.3, 0.4) is 0 Å². The molecule has 25 heavy (non-hydrogen) atoms. The number of hydroxylamine groups is 2. The Morgan fingerprint density at radius 1 is 0.760 bits per heavy atom. The van der Waals surface area contributed by atoms with Gasteiger partial charge in [-0.25, -0.2) is 11.0 Å². The van der Waals surface area contributed by atoms with Crippen molar-refractivity contribution in [3.8, 4) is 0 Å². The average Bonchev–Trinajstić information content (AvgIpc) is 2.63. The van der Waals surface area contributed by atoms with Gasteiger partial charge in [0.1, 0.15) is 0 Å². The molecular formula is C16H22N4O4Sn. The van der Waals surface area contributed by atoms with Crippen molar-refractivity contribution >= 4 is 44.3 Å². The van der Waals surface area contributed by atoms with Crippen LogP contribution in [0.2, 0.25) is 9.88 Å². The van der Waals surface area contributed by atoms with Crippen molar-refractivity contribution in [2.45, 2.75) is 9.88 Å². The molecule has 0 atom stereocenters. The van der Waals surface area contributed by atoms with Crippen molar-refractivity contribution in [2.75, 3.05) is 11.5 Å². The van der Waals surface area contributed by atoms with Gasteiger partial charge in [0.25, 0.3) is 11.8 Å². The fraction of sp³-hybridized carbons (Fsp3) is 0.125. The summed E-state index contributed by atoms with van der Waals surface area (Å²) in [6, 6.07) is 12.5. The SMILES string of the molecule is Nc1ccc(C(=O)NO)cc1.Nc1ccc(C(=O)NO)cc1.[CH3][Sn][CH3]. The number of hydrogen-bond acceptors (Lipinski definition) is 6. The van der Waals surface area contributed by atoms with Crippen molar-refractivity contribution in [3.63, 3.8) is 0 Å². The van der Waals surface area contributed by atoms with E-state index < -0.39 is 11.8 Å². The van der Waals surface area contributed by atoms with E-state index in [4.69, 9.17) is 21.9 Å². The molecule has 0 unspecified atom stereocenters. The summed E-state index contributed by atoms with van der Waals surface area (Å²) in [5.74, 6) is -1.07. The van der Waals surface area contributed by atoms with Gasteiger partial charge in [-0.05, 0) is 48.5 Å². The van der Waals surface area contributed by atoms with Gasteiger partial charge in [-0.1, -0.05) is 0 Å². The molecule has 0 aromatic heterocycles. The first kappa shape index (κ1) is 22.7. The standard InChI is InChI=1S/2C7H8N2O2.2CH3.Sn/c2*8-6-3-1-5(2-4-6)7(10)9-11;;;/h2*1-4,11H,8H2,(H,9,10);2*1H3;. The Morgan fingerprint density at radius 3 is 1.20 bits per heavy atom. The summed E-state index contributed by atoms with van der Waals surface area (Å²) >= 11 is 0.230. The van der Waals surface area contributed by atoms with Gasteiger partial charge in [-0.15, -0.1) is 0 Å². The van der Waals surface area contributed by atoms with Crippen molar-refractivity contribution in [3.05, 3.63) is 59.7 Å². The van der Waals surface area contributed by atoms with E-state index in [1.807, 2.05) is 0 Å². The van der Waals surface area contributed by atoms with E-state index in [1.165, 1.54) is 35.2 Å². The minimum absolute atomic E-state index is 0.230. The van der Waals surface area contributed by atoms with Crippen LogP contribution in [0.1, 0.15) is 20.7 Å². The van der Waals surface area contributed by atoms with E-state index in [9.17, 15) is 9.59 Å². The summed E-state index contributed by atoms with van der Waals surface area (Å²) < 4.78 is 0. The van der Waals surface area contributed by atoms with E-state index in [0.717, 1.165) is 0 Å². The van der Waals surface area contributed by atoms with Crippen LogP contribution in [0, 0.1) is 0 Å². The molecule has 0 bridgehead atoms. The van der Waals surface area contributed by atoms with E-state index in [1.54, 1.807) is 24.3 Å². The molecule has 134 valence electrons. The first-order valence-corrected chi connectivity index (χ1v) is 12.8. The molecular weight excluding hydrogens is 431 g/mol. The summed E-state index contributed by atoms with van der Waals surface area (Å²) in [6.07, 6.45) is 0. The Bertz CT molecular complexity index is 591. The second-order valence-electron chi connectivity index (χ2n) is 4.63. The molecule has 0 saturated heterocycles. The number of hydrogen-bond donors (Lipinski definition) is 6. The molecule has 8 N–H and O–H groups in total. The minimum atomic E-state index is -0.537. The van der Waals surface area contributed by atoms with E-state index >= 15 is 0 Å². The van der Waals surface area contributed by atoms with Crippen LogP contribution in [0.4, 0.5) is 11.4 Å². The normalized spacial score (nSPS) is 8.80. The van der Waals surface area contributed by atoms with Crippen LogP contribution in [-0.2, 0) is 0 Å². The number of nitrogens with one attached hydrogen (secondary N) is 2. The van der Waals surface area contributed by atoms with Gasteiger partial charge >= 0.3 is 31.0 Å². The Balaban J connectivity index is 0.000000399. The summed E-state index contributed by atoms with van der Waals surface area (Å²) in [5, 5.41) is 16.5. The fourth-order valence-electron chi connectivity index (χ4n) is 1.40. The third-order valence-corrected chi connectivity index (χ3v) is 2.55. The van der Waals surface area contributed by atoms with Crippen molar-refractivity contribution in [2.24, 2.45) is 0 Å². The number of amides is 2. The maximum atomic E-state index is 10.7. The third-order valence-electron chi connectivity index (χ3n) is 2.55. The van der Waals surface area contributed by atoms with Gasteiger partial charge in [-0.2, -0.15) is 0 Å². The molecule has 2 radical (unpaired) electrons. The molecule has 0 heterocycles. The van der Waals surface area contributed by atoms with Gasteiger partial charge in [0.2, 0.25) is 0 Å². The molecule has 0 aliphatic carbocycles. The second kappa shape index (κ2) is 13.0. The van der Waals surface area contributed by atoms with Gasteiger partial charge in [-0.3, -0.25) is 20.0 Å². The number of nitrogens with two attached hydrogens (primary N) is 2. The predicted octanol–water partition coefficient (Wildman–Crippen LogP) is 1.56. The van der Waals surface area contributed by atoms with E-state index in [2.05, 4.69) is 9.88 Å². The number of carbonyl (C=O) groups excluding carboxylic acids is 2. The van der Waals surface area contributed by atoms with Crippen molar-refractivity contribution in [1.82, 2.24) is 11.0 Å². The second-order valence-corrected chi connectivity index (χ2v) is 7.48. The zero-order valence-electron chi connectivity index (χ0n) is 14.0. The molecule has 2 aromatic rings. The quantitative estimate of drug-likeness (QED) is 0.176. The number of nitrogen functional groups attached to an aromatic ring is 2. The predicted molar refractivity (Wildman–Crippen MR) is 97.7 cm³/mol.